The maximum Gasteiger partial charge on any atom is 0.272 e. The third-order valence-electron chi connectivity index (χ3n) is 5.92. The summed E-state index contributed by atoms with van der Waals surface area (Å²) in [6, 6.07) is 11.0. The first kappa shape index (κ1) is 23.0. The smallest absolute Gasteiger partial charge is 0.272 e. The van der Waals surface area contributed by atoms with Crippen LogP contribution in [-0.4, -0.2) is 57.2 Å². The summed E-state index contributed by atoms with van der Waals surface area (Å²) in [6.07, 6.45) is 1.75. The Bertz CT molecular complexity index is 1490. The summed E-state index contributed by atoms with van der Waals surface area (Å²) in [4.78, 5) is 37.1. The van der Waals surface area contributed by atoms with Crippen LogP contribution in [0.2, 0.25) is 0 Å². The number of aromatic nitrogens is 4. The highest BCUT2D eigenvalue weighted by Gasteiger charge is 2.27. The van der Waals surface area contributed by atoms with E-state index in [0.717, 1.165) is 6.07 Å². The van der Waals surface area contributed by atoms with Crippen LogP contribution in [0.15, 0.2) is 58.1 Å². The number of benzene rings is 2. The molecule has 1 aliphatic heterocycles. The van der Waals surface area contributed by atoms with Crippen LogP contribution in [0.1, 0.15) is 21.6 Å². The van der Waals surface area contributed by atoms with Crippen molar-refractivity contribution in [1.29, 1.82) is 0 Å². The number of amides is 1. The normalized spacial score (nSPS) is 13.9. The predicted octanol–water partition coefficient (Wildman–Crippen LogP) is 3.31. The molecule has 0 aliphatic carbocycles. The van der Waals surface area contributed by atoms with Gasteiger partial charge in [0.25, 0.3) is 11.5 Å². The van der Waals surface area contributed by atoms with E-state index < -0.39 is 17.5 Å². The van der Waals surface area contributed by atoms with E-state index in [1.807, 2.05) is 4.90 Å². The molecule has 0 atom stereocenters. The Morgan fingerprint density at radius 1 is 1.06 bits per heavy atom. The number of carbonyl (C=O) groups is 1. The van der Waals surface area contributed by atoms with Crippen molar-refractivity contribution in [3.63, 3.8) is 0 Å². The number of nitrogens with zero attached hydrogens (tertiary/aromatic N) is 5. The van der Waals surface area contributed by atoms with Crippen LogP contribution in [0.25, 0.3) is 10.8 Å². The van der Waals surface area contributed by atoms with E-state index in [1.54, 1.807) is 36.5 Å². The fourth-order valence-corrected chi connectivity index (χ4v) is 4.44. The lowest BCUT2D eigenvalue weighted by atomic mass is 10.0. The Morgan fingerprint density at radius 2 is 1.80 bits per heavy atom. The Morgan fingerprint density at radius 3 is 2.54 bits per heavy atom. The van der Waals surface area contributed by atoms with Crippen LogP contribution in [0, 0.1) is 11.6 Å². The van der Waals surface area contributed by atoms with Crippen LogP contribution in [0.3, 0.4) is 0 Å². The third kappa shape index (κ3) is 4.63. The van der Waals surface area contributed by atoms with E-state index in [1.165, 1.54) is 11.0 Å². The van der Waals surface area contributed by atoms with Crippen LogP contribution in [0.4, 0.5) is 14.7 Å². The van der Waals surface area contributed by atoms with E-state index >= 15 is 0 Å². The van der Waals surface area contributed by atoms with Gasteiger partial charge in [0, 0.05) is 44.2 Å². The number of anilines is 1. The minimum Gasteiger partial charge on any atom is -0.337 e. The second-order valence-electron chi connectivity index (χ2n) is 8.12. The number of hydrogen-bond acceptors (Lipinski definition) is 6. The average molecular weight is 541 g/mol. The second-order valence-corrected chi connectivity index (χ2v) is 8.93. The summed E-state index contributed by atoms with van der Waals surface area (Å²) in [6.45, 7) is 1.54. The van der Waals surface area contributed by atoms with Gasteiger partial charge in [-0.1, -0.05) is 18.2 Å². The van der Waals surface area contributed by atoms with Gasteiger partial charge in [0.1, 0.15) is 4.60 Å². The van der Waals surface area contributed by atoms with Crippen molar-refractivity contribution >= 4 is 38.6 Å². The molecule has 1 aliphatic rings. The molecule has 11 heteroatoms. The lowest BCUT2D eigenvalue weighted by molar-refractivity contribution is 0.0740. The molecular formula is C24H19BrF2N6O2. The van der Waals surface area contributed by atoms with Gasteiger partial charge in [0.05, 0.1) is 16.6 Å². The van der Waals surface area contributed by atoms with Gasteiger partial charge < -0.3 is 9.80 Å². The molecule has 5 rings (SSSR count). The zero-order chi connectivity index (χ0) is 24.5. The summed E-state index contributed by atoms with van der Waals surface area (Å²) >= 11 is 3.31. The molecular weight excluding hydrogens is 522 g/mol. The van der Waals surface area contributed by atoms with Gasteiger partial charge in [-0.2, -0.15) is 5.10 Å². The Kier molecular flexibility index (Phi) is 6.25. The SMILES string of the molecule is O=C(c1cc(Cc2n[nH]c(=O)c3ccccc23)cc(F)c1F)N1CCN(c2nccc(Br)n2)CC1. The highest BCUT2D eigenvalue weighted by atomic mass is 79.9. The van der Waals surface area contributed by atoms with Crippen molar-refractivity contribution in [3.05, 3.63) is 92.1 Å². The van der Waals surface area contributed by atoms with Crippen molar-refractivity contribution in [2.24, 2.45) is 0 Å². The molecule has 0 saturated carbocycles. The van der Waals surface area contributed by atoms with Crippen molar-refractivity contribution < 1.29 is 13.6 Å². The van der Waals surface area contributed by atoms with E-state index in [9.17, 15) is 18.4 Å². The number of H-pyrrole nitrogens is 1. The summed E-state index contributed by atoms with van der Waals surface area (Å²) in [7, 11) is 0. The molecule has 3 heterocycles. The summed E-state index contributed by atoms with van der Waals surface area (Å²) < 4.78 is 29.9. The van der Waals surface area contributed by atoms with Crippen LogP contribution >= 0.6 is 15.9 Å². The van der Waals surface area contributed by atoms with Gasteiger partial charge in [-0.15, -0.1) is 0 Å². The molecule has 1 saturated heterocycles. The molecule has 0 unspecified atom stereocenters. The number of halogens is 3. The largest absolute Gasteiger partial charge is 0.337 e. The van der Waals surface area contributed by atoms with Crippen LogP contribution in [0.5, 0.6) is 0 Å². The molecule has 1 amide bonds. The van der Waals surface area contributed by atoms with E-state index in [0.29, 0.717) is 58.8 Å². The number of piperazine rings is 1. The fraction of sp³-hybridized carbons (Fsp3) is 0.208. The molecule has 0 radical (unpaired) electrons. The van der Waals surface area contributed by atoms with E-state index in [2.05, 4.69) is 36.1 Å². The molecule has 0 spiro atoms. The van der Waals surface area contributed by atoms with Gasteiger partial charge in [-0.25, -0.2) is 23.8 Å². The molecule has 35 heavy (non-hydrogen) atoms. The molecule has 1 N–H and O–H groups in total. The minimum atomic E-state index is -1.18. The first-order chi connectivity index (χ1) is 16.9. The van der Waals surface area contributed by atoms with E-state index in [4.69, 9.17) is 0 Å². The molecule has 8 nitrogen and oxygen atoms in total. The Balaban J connectivity index is 1.38. The third-order valence-corrected chi connectivity index (χ3v) is 6.37. The second kappa shape index (κ2) is 9.49. The summed E-state index contributed by atoms with van der Waals surface area (Å²) in [5, 5.41) is 7.58. The van der Waals surface area contributed by atoms with Gasteiger partial charge in [-0.05, 0) is 45.8 Å². The molecule has 4 aromatic rings. The van der Waals surface area contributed by atoms with Gasteiger partial charge in [-0.3, -0.25) is 9.59 Å². The highest BCUT2D eigenvalue weighted by Crippen LogP contribution is 2.22. The zero-order valence-corrected chi connectivity index (χ0v) is 19.9. The van der Waals surface area contributed by atoms with E-state index in [-0.39, 0.29) is 17.5 Å². The first-order valence-electron chi connectivity index (χ1n) is 10.9. The van der Waals surface area contributed by atoms with Gasteiger partial charge in [0.2, 0.25) is 5.95 Å². The molecule has 2 aromatic carbocycles. The lowest BCUT2D eigenvalue weighted by Gasteiger charge is -2.34. The lowest BCUT2D eigenvalue weighted by Crippen LogP contribution is -2.49. The van der Waals surface area contributed by atoms with Crippen LogP contribution < -0.4 is 10.5 Å². The molecule has 0 bridgehead atoms. The quantitative estimate of drug-likeness (QED) is 0.399. The monoisotopic (exact) mass is 540 g/mol. The molecule has 1 fully saturated rings. The summed E-state index contributed by atoms with van der Waals surface area (Å²) in [5.74, 6) is -2.35. The van der Waals surface area contributed by atoms with Gasteiger partial charge >= 0.3 is 0 Å². The standard InChI is InChI=1S/C24H19BrF2N6O2/c25-20-5-6-28-24(29-20)33-9-7-32(8-10-33)23(35)17-11-14(12-18(26)21(17)27)13-19-15-3-1-2-4-16(15)22(34)31-30-19/h1-6,11-12H,7-10,13H2,(H,31,34). The zero-order valence-electron chi connectivity index (χ0n) is 18.3. The maximum atomic E-state index is 14.7. The molecule has 178 valence electrons. The van der Waals surface area contributed by atoms with Crippen molar-refractivity contribution in [1.82, 2.24) is 25.1 Å². The number of carbonyl (C=O) groups excluding carboxylic acids is 1. The number of hydrogen-bond donors (Lipinski definition) is 1. The topological polar surface area (TPSA) is 95.1 Å². The number of nitrogens with one attached hydrogen (secondary N) is 1. The fourth-order valence-electron chi connectivity index (χ4n) is 4.16. The average Bonchev–Trinajstić information content (AvgIpc) is 2.87. The Hall–Kier alpha value is -3.73. The van der Waals surface area contributed by atoms with Crippen molar-refractivity contribution in [2.75, 3.05) is 31.1 Å². The van der Waals surface area contributed by atoms with Crippen molar-refractivity contribution in [3.8, 4) is 0 Å². The Labute approximate surface area is 206 Å². The number of rotatable bonds is 4. The number of fused-ring (bicyclic) bond motifs is 1. The van der Waals surface area contributed by atoms with Gasteiger partial charge in [0.15, 0.2) is 11.6 Å². The molecule has 2 aromatic heterocycles. The highest BCUT2D eigenvalue weighted by molar-refractivity contribution is 9.10. The minimum absolute atomic E-state index is 0.114. The van der Waals surface area contributed by atoms with Crippen LogP contribution in [-0.2, 0) is 6.42 Å². The van der Waals surface area contributed by atoms with Crippen molar-refractivity contribution in [2.45, 2.75) is 6.42 Å². The summed E-state index contributed by atoms with van der Waals surface area (Å²) in [5.41, 5.74) is 0.198. The first-order valence-corrected chi connectivity index (χ1v) is 11.7. The predicted molar refractivity (Wildman–Crippen MR) is 129 cm³/mol. The maximum absolute atomic E-state index is 14.7. The number of aromatic amines is 1.